The minimum absolute atomic E-state index is 0.0170. The largest absolute Gasteiger partial charge is 0.507 e. The molecule has 5 rings (SSSR count). The SMILES string of the molecule is COc1ccc(/C=C/C(=O)c2ccc(NC(=O)c3cc(CN4C(=O)c5ccccc5C4=O)ccc3O)cc2)cc1. The van der Waals surface area contributed by atoms with E-state index >= 15 is 0 Å². The maximum atomic E-state index is 12.9. The molecule has 0 bridgehead atoms. The second-order valence-corrected chi connectivity index (χ2v) is 9.10. The fourth-order valence-corrected chi connectivity index (χ4v) is 4.33. The topological polar surface area (TPSA) is 113 Å². The number of methoxy groups -OCH3 is 1. The third-order valence-corrected chi connectivity index (χ3v) is 6.49. The number of imide groups is 1. The first-order valence-corrected chi connectivity index (χ1v) is 12.4. The zero-order valence-corrected chi connectivity index (χ0v) is 21.5. The Hall–Kier alpha value is -5.50. The molecular formula is C32H24N2O6. The maximum absolute atomic E-state index is 12.9. The van der Waals surface area contributed by atoms with Crippen LogP contribution in [0, 0.1) is 0 Å². The fourth-order valence-electron chi connectivity index (χ4n) is 4.33. The van der Waals surface area contributed by atoms with Gasteiger partial charge in [0.05, 0.1) is 30.3 Å². The van der Waals surface area contributed by atoms with Gasteiger partial charge in [-0.1, -0.05) is 36.4 Å². The number of carbonyl (C=O) groups is 4. The number of allylic oxidation sites excluding steroid dienone is 1. The summed E-state index contributed by atoms with van der Waals surface area (Å²) in [6.45, 7) is -0.0479. The lowest BCUT2D eigenvalue weighted by Crippen LogP contribution is -2.29. The van der Waals surface area contributed by atoms with E-state index in [1.54, 1.807) is 79.9 Å². The van der Waals surface area contributed by atoms with E-state index in [-0.39, 0.29) is 23.6 Å². The van der Waals surface area contributed by atoms with Gasteiger partial charge in [-0.3, -0.25) is 24.1 Å². The highest BCUT2D eigenvalue weighted by atomic mass is 16.5. The van der Waals surface area contributed by atoms with E-state index in [2.05, 4.69) is 5.32 Å². The maximum Gasteiger partial charge on any atom is 0.261 e. The van der Waals surface area contributed by atoms with Crippen molar-refractivity contribution < 1.29 is 29.0 Å². The number of hydrogen-bond donors (Lipinski definition) is 2. The van der Waals surface area contributed by atoms with Gasteiger partial charge in [-0.25, -0.2) is 0 Å². The number of ether oxygens (including phenoxy) is 1. The molecule has 198 valence electrons. The number of anilines is 1. The molecule has 1 heterocycles. The summed E-state index contributed by atoms with van der Waals surface area (Å²) >= 11 is 0. The minimum atomic E-state index is -0.583. The lowest BCUT2D eigenvalue weighted by molar-refractivity contribution is 0.0642. The Morgan fingerprint density at radius 1 is 0.875 bits per heavy atom. The first-order chi connectivity index (χ1) is 19.3. The Bertz CT molecular complexity index is 1620. The van der Waals surface area contributed by atoms with E-state index in [4.69, 9.17) is 4.74 Å². The van der Waals surface area contributed by atoms with Crippen LogP contribution in [0.5, 0.6) is 11.5 Å². The van der Waals surface area contributed by atoms with Crippen molar-refractivity contribution in [2.24, 2.45) is 0 Å². The van der Waals surface area contributed by atoms with Crippen molar-refractivity contribution in [2.75, 3.05) is 12.4 Å². The number of phenolic OH excluding ortho intramolecular Hbond substituents is 1. The van der Waals surface area contributed by atoms with Gasteiger partial charge in [0.15, 0.2) is 5.78 Å². The quantitative estimate of drug-likeness (QED) is 0.180. The number of hydrogen-bond acceptors (Lipinski definition) is 6. The number of benzene rings is 4. The highest BCUT2D eigenvalue weighted by molar-refractivity contribution is 6.21. The molecule has 0 spiro atoms. The van der Waals surface area contributed by atoms with Gasteiger partial charge in [-0.05, 0) is 77.9 Å². The van der Waals surface area contributed by atoms with Crippen molar-refractivity contribution in [3.63, 3.8) is 0 Å². The number of nitrogens with one attached hydrogen (secondary N) is 1. The van der Waals surface area contributed by atoms with E-state index in [0.717, 1.165) is 16.2 Å². The van der Waals surface area contributed by atoms with Crippen molar-refractivity contribution in [1.82, 2.24) is 4.90 Å². The van der Waals surface area contributed by atoms with Crippen molar-refractivity contribution in [2.45, 2.75) is 6.54 Å². The van der Waals surface area contributed by atoms with Gasteiger partial charge >= 0.3 is 0 Å². The molecule has 0 aromatic heterocycles. The zero-order valence-electron chi connectivity index (χ0n) is 21.5. The average Bonchev–Trinajstić information content (AvgIpc) is 3.22. The zero-order chi connectivity index (χ0) is 28.2. The predicted molar refractivity (Wildman–Crippen MR) is 150 cm³/mol. The van der Waals surface area contributed by atoms with Crippen LogP contribution in [0.2, 0.25) is 0 Å². The molecule has 2 N–H and O–H groups in total. The molecule has 1 aliphatic heterocycles. The van der Waals surface area contributed by atoms with Crippen LogP contribution in [-0.2, 0) is 6.54 Å². The minimum Gasteiger partial charge on any atom is -0.507 e. The van der Waals surface area contributed by atoms with Gasteiger partial charge in [-0.15, -0.1) is 0 Å². The number of phenols is 1. The number of rotatable bonds is 8. The Labute approximate surface area is 230 Å². The second-order valence-electron chi connectivity index (χ2n) is 9.10. The number of ketones is 1. The van der Waals surface area contributed by atoms with Crippen molar-refractivity contribution in [1.29, 1.82) is 0 Å². The highest BCUT2D eigenvalue weighted by Crippen LogP contribution is 2.26. The third kappa shape index (κ3) is 5.37. The molecule has 0 saturated heterocycles. The third-order valence-electron chi connectivity index (χ3n) is 6.49. The van der Waals surface area contributed by atoms with Crippen LogP contribution < -0.4 is 10.1 Å². The van der Waals surface area contributed by atoms with Crippen molar-refractivity contribution >= 4 is 35.3 Å². The van der Waals surface area contributed by atoms with E-state index in [1.165, 1.54) is 18.2 Å². The van der Waals surface area contributed by atoms with E-state index in [1.807, 2.05) is 12.1 Å². The molecule has 4 aromatic carbocycles. The van der Waals surface area contributed by atoms with Crippen LogP contribution in [0.4, 0.5) is 5.69 Å². The smallest absolute Gasteiger partial charge is 0.261 e. The molecule has 0 unspecified atom stereocenters. The van der Waals surface area contributed by atoms with Crippen LogP contribution >= 0.6 is 0 Å². The number of carbonyl (C=O) groups excluding carboxylic acids is 4. The highest BCUT2D eigenvalue weighted by Gasteiger charge is 2.35. The molecular weight excluding hydrogens is 508 g/mol. The molecule has 0 atom stereocenters. The molecule has 0 saturated carbocycles. The van der Waals surface area contributed by atoms with Gasteiger partial charge in [-0.2, -0.15) is 0 Å². The first-order valence-electron chi connectivity index (χ1n) is 12.4. The van der Waals surface area contributed by atoms with Crippen molar-refractivity contribution in [3.8, 4) is 11.5 Å². The number of nitrogens with zero attached hydrogens (tertiary/aromatic N) is 1. The molecule has 0 aliphatic carbocycles. The summed E-state index contributed by atoms with van der Waals surface area (Å²) in [5.74, 6) is -1.13. The fraction of sp³-hybridized carbons (Fsp3) is 0.0625. The first kappa shape index (κ1) is 26.1. The molecule has 8 heteroatoms. The predicted octanol–water partition coefficient (Wildman–Crippen LogP) is 5.35. The van der Waals surface area contributed by atoms with Crippen LogP contribution in [0.25, 0.3) is 6.08 Å². The molecule has 40 heavy (non-hydrogen) atoms. The second kappa shape index (κ2) is 11.1. The van der Waals surface area contributed by atoms with Gasteiger partial charge in [0, 0.05) is 11.3 Å². The van der Waals surface area contributed by atoms with E-state index in [0.29, 0.717) is 27.9 Å². The number of aromatic hydroxyl groups is 1. The monoisotopic (exact) mass is 532 g/mol. The molecule has 4 aromatic rings. The van der Waals surface area contributed by atoms with Crippen molar-refractivity contribution in [3.05, 3.63) is 130 Å². The summed E-state index contributed by atoms with van der Waals surface area (Å²) < 4.78 is 5.13. The standard InChI is InChI=1S/C32H24N2O6/c1-40-24-14-6-20(7-15-24)8-16-28(35)22-10-12-23(13-11-22)33-30(37)27-18-21(9-17-29(27)36)19-34-31(38)25-4-2-3-5-26(25)32(34)39/h2-18,36H,19H2,1H3,(H,33,37)/b16-8+. The molecule has 0 radical (unpaired) electrons. The van der Waals surface area contributed by atoms with Crippen LogP contribution in [-0.4, -0.2) is 40.6 Å². The van der Waals surface area contributed by atoms with Gasteiger partial charge in [0.2, 0.25) is 0 Å². The lowest BCUT2D eigenvalue weighted by atomic mass is 10.1. The van der Waals surface area contributed by atoms with E-state index < -0.39 is 17.7 Å². The molecule has 3 amide bonds. The van der Waals surface area contributed by atoms with E-state index in [9.17, 15) is 24.3 Å². The Morgan fingerprint density at radius 3 is 2.15 bits per heavy atom. The normalized spacial score (nSPS) is 12.5. The Balaban J connectivity index is 1.24. The Morgan fingerprint density at radius 2 is 1.52 bits per heavy atom. The number of fused-ring (bicyclic) bond motifs is 1. The summed E-state index contributed by atoms with van der Waals surface area (Å²) in [6.07, 6.45) is 3.17. The summed E-state index contributed by atoms with van der Waals surface area (Å²) in [7, 11) is 1.58. The molecule has 1 aliphatic rings. The van der Waals surface area contributed by atoms with Crippen LogP contribution in [0.1, 0.15) is 52.6 Å². The summed E-state index contributed by atoms with van der Waals surface area (Å²) in [6, 6.07) is 24.6. The summed E-state index contributed by atoms with van der Waals surface area (Å²) in [5, 5.41) is 13.0. The Kier molecular flexibility index (Phi) is 7.24. The number of amides is 3. The molecule has 8 nitrogen and oxygen atoms in total. The van der Waals surface area contributed by atoms with Gasteiger partial charge in [0.1, 0.15) is 11.5 Å². The van der Waals surface area contributed by atoms with Gasteiger partial charge in [0.25, 0.3) is 17.7 Å². The average molecular weight is 533 g/mol. The van der Waals surface area contributed by atoms with Crippen LogP contribution in [0.15, 0.2) is 97.1 Å². The van der Waals surface area contributed by atoms with Crippen LogP contribution in [0.3, 0.4) is 0 Å². The summed E-state index contributed by atoms with van der Waals surface area (Å²) in [5.41, 5.74) is 2.87. The molecule has 0 fully saturated rings. The summed E-state index contributed by atoms with van der Waals surface area (Å²) in [4.78, 5) is 52.0. The lowest BCUT2D eigenvalue weighted by Gasteiger charge is -2.15. The van der Waals surface area contributed by atoms with Gasteiger partial charge < -0.3 is 15.2 Å².